The zero-order chi connectivity index (χ0) is 15.9. The molecule has 2 saturated carbocycles. The molecule has 0 spiro atoms. The van der Waals surface area contributed by atoms with Crippen molar-refractivity contribution in [3.8, 4) is 0 Å². The number of nitrogens with zero attached hydrogens (tertiary/aromatic N) is 2. The number of nitrogens with one attached hydrogen (secondary N) is 1. The summed E-state index contributed by atoms with van der Waals surface area (Å²) in [6, 6.07) is -0.709. The van der Waals surface area contributed by atoms with Crippen LogP contribution in [0.15, 0.2) is 0 Å². The minimum absolute atomic E-state index is 0.158. The van der Waals surface area contributed by atoms with Gasteiger partial charge in [-0.2, -0.15) is 0 Å². The van der Waals surface area contributed by atoms with E-state index in [1.807, 2.05) is 6.92 Å². The van der Waals surface area contributed by atoms with Crippen LogP contribution in [0.1, 0.15) is 45.4 Å². The highest BCUT2D eigenvalue weighted by Crippen LogP contribution is 2.31. The molecule has 1 aliphatic heterocycles. The molecule has 22 heavy (non-hydrogen) atoms. The lowest BCUT2D eigenvalue weighted by Gasteiger charge is -2.34. The van der Waals surface area contributed by atoms with Crippen LogP contribution in [0.3, 0.4) is 0 Å². The Morgan fingerprint density at radius 2 is 1.77 bits per heavy atom. The molecule has 0 bridgehead atoms. The Kier molecular flexibility index (Phi) is 3.88. The van der Waals surface area contributed by atoms with E-state index in [1.54, 1.807) is 0 Å². The van der Waals surface area contributed by atoms with Gasteiger partial charge in [0.15, 0.2) is 0 Å². The molecule has 1 heterocycles. The lowest BCUT2D eigenvalue weighted by molar-refractivity contribution is -0.145. The maximum absolute atomic E-state index is 12.4. The zero-order valence-corrected chi connectivity index (χ0v) is 12.7. The third-order valence-corrected chi connectivity index (χ3v) is 4.73. The Labute approximate surface area is 129 Å². The number of carbonyl (C=O) groups is 4. The zero-order valence-electron chi connectivity index (χ0n) is 12.7. The van der Waals surface area contributed by atoms with Gasteiger partial charge < -0.3 is 5.32 Å². The monoisotopic (exact) mass is 307 g/mol. The molecular weight excluding hydrogens is 286 g/mol. The third kappa shape index (κ3) is 2.71. The summed E-state index contributed by atoms with van der Waals surface area (Å²) in [5, 5.41) is 2.72. The molecular formula is C15H21N3O4. The Morgan fingerprint density at radius 3 is 2.41 bits per heavy atom. The van der Waals surface area contributed by atoms with Gasteiger partial charge in [0.1, 0.15) is 6.54 Å². The Hall–Kier alpha value is -1.92. The molecule has 1 saturated heterocycles. The summed E-state index contributed by atoms with van der Waals surface area (Å²) >= 11 is 0. The molecule has 3 fully saturated rings. The van der Waals surface area contributed by atoms with E-state index >= 15 is 0 Å². The van der Waals surface area contributed by atoms with Gasteiger partial charge in [0.25, 0.3) is 0 Å². The molecule has 1 N–H and O–H groups in total. The van der Waals surface area contributed by atoms with E-state index < -0.39 is 17.8 Å². The highest BCUT2D eigenvalue weighted by Gasteiger charge is 2.49. The van der Waals surface area contributed by atoms with E-state index in [2.05, 4.69) is 5.32 Å². The standard InChI is InChI=1S/C15H21N3O4/c1-9-4-2-3-5-11(9)18-14(21)13(20)17(15(18)22)8-12(19)16-10-6-7-10/h9-11H,2-8H2,1H3,(H,16,19)/t9-,11-/m0/s1. The van der Waals surface area contributed by atoms with Gasteiger partial charge in [-0.05, 0) is 31.6 Å². The fourth-order valence-electron chi connectivity index (χ4n) is 3.28. The minimum atomic E-state index is -0.881. The summed E-state index contributed by atoms with van der Waals surface area (Å²) in [6.07, 6.45) is 5.56. The third-order valence-electron chi connectivity index (χ3n) is 4.73. The molecule has 3 rings (SSSR count). The van der Waals surface area contributed by atoms with Crippen LogP contribution in [0, 0.1) is 5.92 Å². The second-order valence-corrected chi connectivity index (χ2v) is 6.52. The molecule has 0 aromatic heterocycles. The normalized spacial score (nSPS) is 29.2. The Balaban J connectivity index is 1.70. The highest BCUT2D eigenvalue weighted by molar-refractivity contribution is 6.45. The molecule has 5 amide bonds. The van der Waals surface area contributed by atoms with Gasteiger partial charge in [0.05, 0.1) is 0 Å². The van der Waals surface area contributed by atoms with E-state index in [4.69, 9.17) is 0 Å². The average molecular weight is 307 g/mol. The van der Waals surface area contributed by atoms with Crippen molar-refractivity contribution in [3.05, 3.63) is 0 Å². The lowest BCUT2D eigenvalue weighted by Crippen LogP contribution is -2.47. The molecule has 2 atom stereocenters. The topological polar surface area (TPSA) is 86.8 Å². The first kappa shape index (κ1) is 15.0. The van der Waals surface area contributed by atoms with Crippen molar-refractivity contribution in [1.82, 2.24) is 15.1 Å². The Bertz CT molecular complexity index is 529. The van der Waals surface area contributed by atoms with E-state index in [-0.39, 0.29) is 30.5 Å². The number of carbonyl (C=O) groups excluding carboxylic acids is 4. The van der Waals surface area contributed by atoms with Crippen molar-refractivity contribution >= 4 is 23.8 Å². The van der Waals surface area contributed by atoms with Crippen LogP contribution in [0.5, 0.6) is 0 Å². The van der Waals surface area contributed by atoms with Crippen molar-refractivity contribution in [3.63, 3.8) is 0 Å². The van der Waals surface area contributed by atoms with Gasteiger partial charge in [0, 0.05) is 12.1 Å². The smallest absolute Gasteiger partial charge is 0.334 e. The number of imide groups is 2. The van der Waals surface area contributed by atoms with Gasteiger partial charge in [-0.15, -0.1) is 0 Å². The van der Waals surface area contributed by atoms with Gasteiger partial charge in [-0.1, -0.05) is 19.8 Å². The second kappa shape index (κ2) is 5.70. The first-order valence-electron chi connectivity index (χ1n) is 7.97. The van der Waals surface area contributed by atoms with E-state index in [9.17, 15) is 19.2 Å². The molecule has 7 nitrogen and oxygen atoms in total. The van der Waals surface area contributed by atoms with Crippen LogP contribution in [0.2, 0.25) is 0 Å². The average Bonchev–Trinajstić information content (AvgIpc) is 3.26. The fourth-order valence-corrected chi connectivity index (χ4v) is 3.28. The van der Waals surface area contributed by atoms with Crippen LogP contribution in [-0.4, -0.2) is 52.2 Å². The van der Waals surface area contributed by atoms with Crippen molar-refractivity contribution in [1.29, 1.82) is 0 Å². The molecule has 120 valence electrons. The number of hydrogen-bond acceptors (Lipinski definition) is 4. The van der Waals surface area contributed by atoms with Crippen molar-refractivity contribution < 1.29 is 19.2 Å². The first-order chi connectivity index (χ1) is 10.5. The van der Waals surface area contributed by atoms with Crippen molar-refractivity contribution in [2.75, 3.05) is 6.54 Å². The maximum Gasteiger partial charge on any atom is 0.334 e. The van der Waals surface area contributed by atoms with Gasteiger partial charge >= 0.3 is 17.8 Å². The maximum atomic E-state index is 12.4. The summed E-state index contributed by atoms with van der Waals surface area (Å²) in [7, 11) is 0. The fraction of sp³-hybridized carbons (Fsp3) is 0.733. The van der Waals surface area contributed by atoms with Crippen LogP contribution in [-0.2, 0) is 14.4 Å². The summed E-state index contributed by atoms with van der Waals surface area (Å²) in [6.45, 7) is 1.63. The Morgan fingerprint density at radius 1 is 1.09 bits per heavy atom. The van der Waals surface area contributed by atoms with Crippen molar-refractivity contribution in [2.24, 2.45) is 5.92 Å². The van der Waals surface area contributed by atoms with Gasteiger partial charge in [0.2, 0.25) is 5.91 Å². The van der Waals surface area contributed by atoms with Gasteiger partial charge in [-0.25, -0.2) is 9.69 Å². The molecule has 0 unspecified atom stereocenters. The van der Waals surface area contributed by atoms with Crippen LogP contribution < -0.4 is 5.32 Å². The molecule has 0 radical (unpaired) electrons. The van der Waals surface area contributed by atoms with Crippen LogP contribution >= 0.6 is 0 Å². The predicted molar refractivity (Wildman–Crippen MR) is 76.5 cm³/mol. The molecule has 2 aliphatic carbocycles. The molecule has 0 aromatic rings. The van der Waals surface area contributed by atoms with E-state index in [0.29, 0.717) is 0 Å². The molecule has 3 aliphatic rings. The van der Waals surface area contributed by atoms with Crippen LogP contribution in [0.4, 0.5) is 4.79 Å². The van der Waals surface area contributed by atoms with Crippen LogP contribution in [0.25, 0.3) is 0 Å². The summed E-state index contributed by atoms with van der Waals surface area (Å²) in [5.74, 6) is -1.86. The number of urea groups is 1. The number of rotatable bonds is 4. The number of amides is 5. The van der Waals surface area contributed by atoms with E-state index in [1.165, 1.54) is 0 Å². The summed E-state index contributed by atoms with van der Waals surface area (Å²) < 4.78 is 0. The minimum Gasteiger partial charge on any atom is -0.352 e. The quantitative estimate of drug-likeness (QED) is 0.610. The molecule has 7 heteroatoms. The first-order valence-corrected chi connectivity index (χ1v) is 7.97. The number of hydrogen-bond donors (Lipinski definition) is 1. The summed E-state index contributed by atoms with van der Waals surface area (Å²) in [4.78, 5) is 50.3. The SMILES string of the molecule is C[C@H]1CCCC[C@@H]1N1C(=O)C(=O)N(CC(=O)NC2CC2)C1=O. The predicted octanol–water partition coefficient (Wildman–Crippen LogP) is 0.635. The van der Waals surface area contributed by atoms with Crippen molar-refractivity contribution in [2.45, 2.75) is 57.5 Å². The molecule has 0 aromatic carbocycles. The summed E-state index contributed by atoms with van der Waals surface area (Å²) in [5.41, 5.74) is 0. The largest absolute Gasteiger partial charge is 0.352 e. The lowest BCUT2D eigenvalue weighted by atomic mass is 9.85. The second-order valence-electron chi connectivity index (χ2n) is 6.52. The highest BCUT2D eigenvalue weighted by atomic mass is 16.2. The van der Waals surface area contributed by atoms with Gasteiger partial charge in [-0.3, -0.25) is 19.3 Å². The van der Waals surface area contributed by atoms with E-state index in [0.717, 1.165) is 48.3 Å².